The summed E-state index contributed by atoms with van der Waals surface area (Å²) >= 11 is 0. The van der Waals surface area contributed by atoms with Crippen LogP contribution in [-0.4, -0.2) is 20.0 Å². The summed E-state index contributed by atoms with van der Waals surface area (Å²) in [4.78, 5) is 42.9. The maximum atomic E-state index is 13.2. The van der Waals surface area contributed by atoms with Crippen molar-refractivity contribution >= 4 is 16.8 Å². The van der Waals surface area contributed by atoms with Crippen molar-refractivity contribution in [2.24, 2.45) is 0 Å². The van der Waals surface area contributed by atoms with Crippen molar-refractivity contribution in [3.63, 3.8) is 0 Å². The van der Waals surface area contributed by atoms with E-state index in [-0.39, 0.29) is 23.1 Å². The van der Waals surface area contributed by atoms with Crippen molar-refractivity contribution in [3.8, 4) is 5.69 Å². The summed E-state index contributed by atoms with van der Waals surface area (Å²) in [5.74, 6) is -0.526. The SMILES string of the molecule is O=C(Cn1c(=O)n(-c2cccc(C(F)(F)F)c2)c(=O)c2ccccc21)NCc1ccccn1. The van der Waals surface area contributed by atoms with Crippen molar-refractivity contribution in [2.45, 2.75) is 19.3 Å². The number of alkyl halides is 3. The second-order valence-corrected chi connectivity index (χ2v) is 7.17. The minimum absolute atomic E-state index is 0.0898. The van der Waals surface area contributed by atoms with E-state index in [0.717, 1.165) is 22.8 Å². The number of nitrogens with one attached hydrogen (secondary N) is 1. The average Bonchev–Trinajstić information content (AvgIpc) is 2.81. The maximum Gasteiger partial charge on any atom is 0.416 e. The Morgan fingerprint density at radius 1 is 0.970 bits per heavy atom. The molecule has 0 saturated heterocycles. The topological polar surface area (TPSA) is 86.0 Å². The first-order chi connectivity index (χ1) is 15.8. The minimum Gasteiger partial charge on any atom is -0.349 e. The Hall–Kier alpha value is -4.21. The first-order valence-corrected chi connectivity index (χ1v) is 9.84. The number of halogens is 3. The van der Waals surface area contributed by atoms with Crippen LogP contribution in [0.2, 0.25) is 0 Å². The molecule has 4 aromatic rings. The van der Waals surface area contributed by atoms with Gasteiger partial charge in [-0.25, -0.2) is 9.36 Å². The molecule has 4 rings (SSSR count). The summed E-state index contributed by atoms with van der Waals surface area (Å²) in [6.45, 7) is -0.314. The zero-order valence-corrected chi connectivity index (χ0v) is 17.0. The molecule has 0 unspecified atom stereocenters. The van der Waals surface area contributed by atoms with E-state index >= 15 is 0 Å². The molecule has 168 valence electrons. The molecule has 7 nitrogen and oxygen atoms in total. The minimum atomic E-state index is -4.65. The molecule has 33 heavy (non-hydrogen) atoms. The summed E-state index contributed by atoms with van der Waals surface area (Å²) in [5, 5.41) is 2.73. The zero-order valence-electron chi connectivity index (χ0n) is 17.0. The van der Waals surface area contributed by atoms with Crippen LogP contribution in [0.4, 0.5) is 13.2 Å². The van der Waals surface area contributed by atoms with Gasteiger partial charge in [0.2, 0.25) is 5.91 Å². The number of rotatable bonds is 5. The van der Waals surface area contributed by atoms with E-state index in [4.69, 9.17) is 0 Å². The van der Waals surface area contributed by atoms with E-state index in [0.29, 0.717) is 10.3 Å². The van der Waals surface area contributed by atoms with E-state index in [9.17, 15) is 27.6 Å². The number of fused-ring (bicyclic) bond motifs is 1. The molecule has 10 heteroatoms. The van der Waals surface area contributed by atoms with Gasteiger partial charge in [0.15, 0.2) is 0 Å². The number of para-hydroxylation sites is 1. The molecule has 0 aliphatic heterocycles. The number of hydrogen-bond acceptors (Lipinski definition) is 4. The number of carbonyl (C=O) groups excluding carboxylic acids is 1. The Morgan fingerprint density at radius 2 is 1.73 bits per heavy atom. The van der Waals surface area contributed by atoms with Crippen LogP contribution >= 0.6 is 0 Å². The van der Waals surface area contributed by atoms with Gasteiger partial charge in [0.1, 0.15) is 6.54 Å². The van der Waals surface area contributed by atoms with E-state index in [2.05, 4.69) is 10.3 Å². The van der Waals surface area contributed by atoms with Crippen LogP contribution in [0.25, 0.3) is 16.6 Å². The Labute approximate surface area is 184 Å². The first-order valence-electron chi connectivity index (χ1n) is 9.84. The van der Waals surface area contributed by atoms with Crippen LogP contribution in [0.3, 0.4) is 0 Å². The number of hydrogen-bond donors (Lipinski definition) is 1. The molecule has 2 aromatic carbocycles. The third-order valence-corrected chi connectivity index (χ3v) is 4.98. The largest absolute Gasteiger partial charge is 0.416 e. The molecule has 0 saturated carbocycles. The third-order valence-electron chi connectivity index (χ3n) is 4.98. The molecule has 0 radical (unpaired) electrons. The van der Waals surface area contributed by atoms with Crippen molar-refractivity contribution in [2.75, 3.05) is 0 Å². The Bertz CT molecular complexity index is 1440. The highest BCUT2D eigenvalue weighted by Crippen LogP contribution is 2.30. The highest BCUT2D eigenvalue weighted by Gasteiger charge is 2.31. The van der Waals surface area contributed by atoms with Gasteiger partial charge in [0.25, 0.3) is 5.56 Å². The average molecular weight is 454 g/mol. The van der Waals surface area contributed by atoms with Gasteiger partial charge in [0.05, 0.1) is 34.4 Å². The van der Waals surface area contributed by atoms with Crippen molar-refractivity contribution in [1.82, 2.24) is 19.4 Å². The summed E-state index contributed by atoms with van der Waals surface area (Å²) in [5.41, 5.74) is -2.14. The predicted molar refractivity (Wildman–Crippen MR) is 115 cm³/mol. The van der Waals surface area contributed by atoms with Gasteiger partial charge in [-0.1, -0.05) is 24.3 Å². The van der Waals surface area contributed by atoms with Gasteiger partial charge >= 0.3 is 11.9 Å². The normalized spacial score (nSPS) is 11.5. The molecule has 2 heterocycles. The first kappa shape index (κ1) is 22.0. The second-order valence-electron chi connectivity index (χ2n) is 7.17. The molecule has 0 aliphatic rings. The number of amides is 1. The lowest BCUT2D eigenvalue weighted by molar-refractivity contribution is -0.137. The fourth-order valence-corrected chi connectivity index (χ4v) is 3.41. The highest BCUT2D eigenvalue weighted by atomic mass is 19.4. The summed E-state index contributed by atoms with van der Waals surface area (Å²) in [6.07, 6.45) is -3.08. The van der Waals surface area contributed by atoms with E-state index in [1.165, 1.54) is 18.2 Å². The molecule has 1 N–H and O–H groups in total. The van der Waals surface area contributed by atoms with Gasteiger partial charge in [-0.05, 0) is 42.5 Å². The summed E-state index contributed by atoms with van der Waals surface area (Å²) < 4.78 is 41.3. The van der Waals surface area contributed by atoms with Gasteiger partial charge < -0.3 is 5.32 Å². The highest BCUT2D eigenvalue weighted by molar-refractivity contribution is 5.81. The smallest absolute Gasteiger partial charge is 0.349 e. The fourth-order valence-electron chi connectivity index (χ4n) is 3.41. The van der Waals surface area contributed by atoms with Crippen molar-refractivity contribution in [3.05, 3.63) is 105 Å². The molecule has 2 aromatic heterocycles. The zero-order chi connectivity index (χ0) is 23.6. The molecular formula is C23H17F3N4O3. The lowest BCUT2D eigenvalue weighted by Gasteiger charge is -2.15. The molecule has 0 aliphatic carbocycles. The molecular weight excluding hydrogens is 437 g/mol. The predicted octanol–water partition coefficient (Wildman–Crippen LogP) is 2.88. The van der Waals surface area contributed by atoms with Gasteiger partial charge in [0, 0.05) is 6.20 Å². The number of pyridine rings is 1. The monoisotopic (exact) mass is 454 g/mol. The summed E-state index contributed by atoms with van der Waals surface area (Å²) in [6, 6.07) is 15.2. The van der Waals surface area contributed by atoms with Crippen LogP contribution in [0.1, 0.15) is 11.3 Å². The number of nitrogens with zero attached hydrogens (tertiary/aromatic N) is 3. The van der Waals surface area contributed by atoms with E-state index < -0.39 is 35.4 Å². The van der Waals surface area contributed by atoms with Crippen LogP contribution in [0, 0.1) is 0 Å². The molecule has 0 spiro atoms. The van der Waals surface area contributed by atoms with Crippen LogP contribution in [0.15, 0.2) is 82.5 Å². The second kappa shape index (κ2) is 8.73. The molecule has 0 bridgehead atoms. The van der Waals surface area contributed by atoms with Gasteiger partial charge in [-0.15, -0.1) is 0 Å². The summed E-state index contributed by atoms with van der Waals surface area (Å²) in [7, 11) is 0. The quantitative estimate of drug-likeness (QED) is 0.503. The lowest BCUT2D eigenvalue weighted by Crippen LogP contribution is -2.41. The number of benzene rings is 2. The van der Waals surface area contributed by atoms with Crippen LogP contribution in [-0.2, 0) is 24.1 Å². The van der Waals surface area contributed by atoms with E-state index in [1.807, 2.05) is 0 Å². The number of aromatic nitrogens is 3. The Kier molecular flexibility index (Phi) is 5.82. The fraction of sp³-hybridized carbons (Fsp3) is 0.130. The van der Waals surface area contributed by atoms with Crippen LogP contribution in [0.5, 0.6) is 0 Å². The van der Waals surface area contributed by atoms with Crippen LogP contribution < -0.4 is 16.6 Å². The standard InChI is InChI=1S/C23H17F3N4O3/c24-23(25,26)15-6-5-8-17(12-15)30-21(32)18-9-1-2-10-19(18)29(22(30)33)14-20(31)28-13-16-7-3-4-11-27-16/h1-12H,13-14H2,(H,28,31). The number of carbonyl (C=O) groups is 1. The Balaban J connectivity index is 1.78. The van der Waals surface area contributed by atoms with Gasteiger partial charge in [-0.3, -0.25) is 19.1 Å². The maximum absolute atomic E-state index is 13.2. The van der Waals surface area contributed by atoms with Crippen molar-refractivity contribution < 1.29 is 18.0 Å². The molecule has 1 amide bonds. The molecule has 0 atom stereocenters. The van der Waals surface area contributed by atoms with E-state index in [1.54, 1.807) is 36.5 Å². The van der Waals surface area contributed by atoms with Gasteiger partial charge in [-0.2, -0.15) is 13.2 Å². The Morgan fingerprint density at radius 3 is 2.45 bits per heavy atom. The lowest BCUT2D eigenvalue weighted by atomic mass is 10.2. The third kappa shape index (κ3) is 4.54. The molecule has 0 fully saturated rings. The van der Waals surface area contributed by atoms with Crippen molar-refractivity contribution in [1.29, 1.82) is 0 Å².